The Bertz CT molecular complexity index is 803. The van der Waals surface area contributed by atoms with E-state index < -0.39 is 17.2 Å². The summed E-state index contributed by atoms with van der Waals surface area (Å²) >= 11 is 7.13. The van der Waals surface area contributed by atoms with Crippen molar-refractivity contribution in [3.05, 3.63) is 38.8 Å². The molecule has 1 aliphatic heterocycles. The number of carbonyl (C=O) groups is 1. The Morgan fingerprint density at radius 1 is 1.55 bits per heavy atom. The van der Waals surface area contributed by atoms with E-state index in [-0.39, 0.29) is 22.6 Å². The van der Waals surface area contributed by atoms with Crippen LogP contribution in [0.4, 0.5) is 4.39 Å². The van der Waals surface area contributed by atoms with Crippen LogP contribution in [0.25, 0.3) is 10.9 Å². The highest BCUT2D eigenvalue weighted by atomic mass is 35.5. The number of aromatic nitrogens is 1. The Morgan fingerprint density at radius 2 is 2.30 bits per heavy atom. The molecule has 0 radical (unpaired) electrons. The van der Waals surface area contributed by atoms with Crippen molar-refractivity contribution in [2.75, 3.05) is 6.61 Å². The summed E-state index contributed by atoms with van der Waals surface area (Å²) in [6.45, 7) is 1.84. The maximum atomic E-state index is 13.6. The molecule has 2 aromatic rings. The zero-order valence-corrected chi connectivity index (χ0v) is 12.0. The number of halogens is 2. The van der Waals surface area contributed by atoms with Crippen LogP contribution in [-0.2, 0) is 10.6 Å². The monoisotopic (exact) mass is 313 g/mol. The van der Waals surface area contributed by atoms with Crippen LogP contribution in [0.1, 0.15) is 17.3 Å². The molecular formula is C13H9ClFNO3S. The van der Waals surface area contributed by atoms with E-state index in [0.29, 0.717) is 16.4 Å². The van der Waals surface area contributed by atoms with E-state index in [4.69, 9.17) is 16.3 Å². The average molecular weight is 314 g/mol. The lowest BCUT2D eigenvalue weighted by Crippen LogP contribution is -2.27. The molecule has 3 rings (SSSR count). The predicted molar refractivity (Wildman–Crippen MR) is 75.0 cm³/mol. The lowest BCUT2D eigenvalue weighted by atomic mass is 10.1. The Kier molecular flexibility index (Phi) is 3.22. The van der Waals surface area contributed by atoms with Gasteiger partial charge in [0.15, 0.2) is 0 Å². The SMILES string of the molecule is CCOC(=O)c1c2n(c3cc(Cl)c(F)cc3c1=O)CS2. The van der Waals surface area contributed by atoms with Crippen molar-refractivity contribution in [1.82, 2.24) is 4.57 Å². The zero-order chi connectivity index (χ0) is 14.4. The molecule has 4 nitrogen and oxygen atoms in total. The van der Waals surface area contributed by atoms with E-state index in [1.54, 1.807) is 11.5 Å². The lowest BCUT2D eigenvalue weighted by Gasteiger charge is -2.26. The third-order valence-corrected chi connectivity index (χ3v) is 4.44. The summed E-state index contributed by atoms with van der Waals surface area (Å²) < 4.78 is 20.2. The Balaban J connectivity index is 2.37. The number of benzene rings is 1. The van der Waals surface area contributed by atoms with Gasteiger partial charge in [-0.3, -0.25) is 4.79 Å². The van der Waals surface area contributed by atoms with Crippen molar-refractivity contribution in [3.63, 3.8) is 0 Å². The number of carbonyl (C=O) groups excluding carboxylic acids is 1. The molecule has 0 aliphatic carbocycles. The van der Waals surface area contributed by atoms with Gasteiger partial charge in [0.2, 0.25) is 5.43 Å². The molecule has 1 aliphatic rings. The summed E-state index contributed by atoms with van der Waals surface area (Å²) in [7, 11) is 0. The molecule has 0 fully saturated rings. The normalized spacial score (nSPS) is 12.9. The van der Waals surface area contributed by atoms with E-state index in [1.165, 1.54) is 17.8 Å². The highest BCUT2D eigenvalue weighted by molar-refractivity contribution is 7.99. The van der Waals surface area contributed by atoms with Gasteiger partial charge in [-0.2, -0.15) is 0 Å². The Morgan fingerprint density at radius 3 is 2.90 bits per heavy atom. The molecule has 2 heterocycles. The molecular weight excluding hydrogens is 305 g/mol. The van der Waals surface area contributed by atoms with Crippen molar-refractivity contribution in [1.29, 1.82) is 0 Å². The summed E-state index contributed by atoms with van der Waals surface area (Å²) in [5, 5.41) is 0.634. The number of rotatable bonds is 2. The maximum absolute atomic E-state index is 13.6. The standard InChI is InChI=1S/C13H9ClFNO3S/c1-2-19-13(18)10-11(17)6-3-8(15)7(14)4-9(6)16-5-20-12(10)16/h3-4H,2,5H2,1H3. The molecule has 0 unspecified atom stereocenters. The first-order valence-electron chi connectivity index (χ1n) is 5.90. The second-order valence-electron chi connectivity index (χ2n) is 4.21. The van der Waals surface area contributed by atoms with Gasteiger partial charge in [0, 0.05) is 5.39 Å². The number of nitrogens with zero attached hydrogens (tertiary/aromatic N) is 1. The molecule has 20 heavy (non-hydrogen) atoms. The van der Waals surface area contributed by atoms with Crippen LogP contribution < -0.4 is 5.43 Å². The van der Waals surface area contributed by atoms with Crippen LogP contribution >= 0.6 is 23.4 Å². The zero-order valence-electron chi connectivity index (χ0n) is 10.4. The average Bonchev–Trinajstić information content (AvgIpc) is 2.36. The van der Waals surface area contributed by atoms with Gasteiger partial charge in [-0.05, 0) is 19.1 Å². The van der Waals surface area contributed by atoms with E-state index >= 15 is 0 Å². The Hall–Kier alpha value is -1.53. The summed E-state index contributed by atoms with van der Waals surface area (Å²) in [5.41, 5.74) is -0.0204. The van der Waals surface area contributed by atoms with E-state index in [0.717, 1.165) is 6.07 Å². The number of thioether (sulfide) groups is 1. The minimum absolute atomic E-state index is 0.0303. The molecule has 0 N–H and O–H groups in total. The van der Waals surface area contributed by atoms with E-state index in [1.807, 2.05) is 0 Å². The van der Waals surface area contributed by atoms with Crippen molar-refractivity contribution >= 4 is 40.2 Å². The Labute approximate surface area is 122 Å². The third-order valence-electron chi connectivity index (χ3n) is 3.07. The van der Waals surface area contributed by atoms with Crippen LogP contribution in [0, 0.1) is 5.82 Å². The van der Waals surface area contributed by atoms with Gasteiger partial charge in [0.1, 0.15) is 11.4 Å². The first kappa shape index (κ1) is 13.5. The molecule has 0 atom stereocenters. The van der Waals surface area contributed by atoms with Gasteiger partial charge in [0.05, 0.1) is 28.0 Å². The number of fused-ring (bicyclic) bond motifs is 3. The highest BCUT2D eigenvalue weighted by Gasteiger charge is 2.29. The molecule has 1 aromatic heterocycles. The minimum Gasteiger partial charge on any atom is -0.462 e. The predicted octanol–water partition coefficient (Wildman–Crippen LogP) is 3.03. The van der Waals surface area contributed by atoms with Gasteiger partial charge in [-0.25, -0.2) is 9.18 Å². The van der Waals surface area contributed by atoms with Gasteiger partial charge in [0.25, 0.3) is 0 Å². The smallest absolute Gasteiger partial charge is 0.344 e. The molecule has 0 amide bonds. The quantitative estimate of drug-likeness (QED) is 0.800. The van der Waals surface area contributed by atoms with E-state index in [9.17, 15) is 14.0 Å². The maximum Gasteiger partial charge on any atom is 0.344 e. The highest BCUT2D eigenvalue weighted by Crippen LogP contribution is 2.37. The number of hydrogen-bond acceptors (Lipinski definition) is 4. The van der Waals surface area contributed by atoms with Crippen molar-refractivity contribution in [3.8, 4) is 0 Å². The summed E-state index contributed by atoms with van der Waals surface area (Å²) in [6.07, 6.45) is 0. The van der Waals surface area contributed by atoms with Gasteiger partial charge < -0.3 is 9.30 Å². The second kappa shape index (κ2) is 4.79. The fraction of sp³-hybridized carbons (Fsp3) is 0.231. The van der Waals surface area contributed by atoms with Crippen molar-refractivity contribution in [2.24, 2.45) is 0 Å². The largest absolute Gasteiger partial charge is 0.462 e. The third kappa shape index (κ3) is 1.83. The van der Waals surface area contributed by atoms with E-state index in [2.05, 4.69) is 0 Å². The van der Waals surface area contributed by atoms with Crippen LogP contribution in [-0.4, -0.2) is 17.1 Å². The molecule has 0 saturated heterocycles. The van der Waals surface area contributed by atoms with Crippen LogP contribution in [0.3, 0.4) is 0 Å². The lowest BCUT2D eigenvalue weighted by molar-refractivity contribution is 0.0518. The molecule has 0 saturated carbocycles. The number of pyridine rings is 1. The number of esters is 1. The van der Waals surface area contributed by atoms with Gasteiger partial charge >= 0.3 is 5.97 Å². The summed E-state index contributed by atoms with van der Waals surface area (Å²) in [4.78, 5) is 24.3. The molecule has 104 valence electrons. The fourth-order valence-corrected chi connectivity index (χ4v) is 3.24. The first-order chi connectivity index (χ1) is 9.54. The van der Waals surface area contributed by atoms with Crippen molar-refractivity contribution < 1.29 is 13.9 Å². The second-order valence-corrected chi connectivity index (χ2v) is 5.56. The fourth-order valence-electron chi connectivity index (χ4n) is 2.14. The van der Waals surface area contributed by atoms with Crippen molar-refractivity contribution in [2.45, 2.75) is 17.8 Å². The topological polar surface area (TPSA) is 48.3 Å². The van der Waals surface area contributed by atoms with Crippen LogP contribution in [0.2, 0.25) is 5.02 Å². The number of hydrogen-bond donors (Lipinski definition) is 0. The molecule has 0 spiro atoms. The molecule has 1 aromatic carbocycles. The van der Waals surface area contributed by atoms with Gasteiger partial charge in [-0.15, -0.1) is 0 Å². The molecule has 7 heteroatoms. The minimum atomic E-state index is -0.682. The van der Waals surface area contributed by atoms with Gasteiger partial charge in [-0.1, -0.05) is 23.4 Å². The number of ether oxygens (including phenoxy) is 1. The van der Waals surface area contributed by atoms with Crippen LogP contribution in [0.15, 0.2) is 22.0 Å². The first-order valence-corrected chi connectivity index (χ1v) is 7.26. The summed E-state index contributed by atoms with van der Waals surface area (Å²) in [6, 6.07) is 2.48. The summed E-state index contributed by atoms with van der Waals surface area (Å²) in [5.74, 6) is -0.773. The molecule has 0 bridgehead atoms. The van der Waals surface area contributed by atoms with Crippen LogP contribution in [0.5, 0.6) is 0 Å².